The van der Waals surface area contributed by atoms with Crippen LogP contribution in [-0.2, 0) is 9.47 Å². The van der Waals surface area contributed by atoms with Crippen LogP contribution in [-0.4, -0.2) is 37.1 Å². The van der Waals surface area contributed by atoms with Gasteiger partial charge in [0.05, 0.1) is 25.9 Å². The van der Waals surface area contributed by atoms with E-state index < -0.39 is 0 Å². The lowest BCUT2D eigenvalue weighted by Gasteiger charge is -2.20. The largest absolute Gasteiger partial charge is 0.376 e. The molecule has 2 unspecified atom stereocenters. The summed E-state index contributed by atoms with van der Waals surface area (Å²) in [6.45, 7) is 4.03. The zero-order valence-corrected chi connectivity index (χ0v) is 10.4. The second kappa shape index (κ2) is 5.67. The first-order chi connectivity index (χ1) is 7.85. The van der Waals surface area contributed by atoms with Crippen LogP contribution in [0.15, 0.2) is 0 Å². The Kier molecular flexibility index (Phi) is 4.22. The van der Waals surface area contributed by atoms with Crippen molar-refractivity contribution in [2.24, 2.45) is 0 Å². The van der Waals surface area contributed by atoms with E-state index in [-0.39, 0.29) is 12.1 Å². The summed E-state index contributed by atoms with van der Waals surface area (Å²) >= 11 is 1.61. The van der Waals surface area contributed by atoms with E-state index in [2.05, 4.69) is 22.4 Å². The molecule has 0 radical (unpaired) electrons. The van der Waals surface area contributed by atoms with Crippen molar-refractivity contribution in [1.82, 2.24) is 15.5 Å². The molecule has 16 heavy (non-hydrogen) atoms. The summed E-state index contributed by atoms with van der Waals surface area (Å²) in [5.74, 6) is 0. The van der Waals surface area contributed by atoms with E-state index in [1.165, 1.54) is 0 Å². The Morgan fingerprint density at radius 2 is 2.38 bits per heavy atom. The molecular formula is C10H17N3O2S. The molecule has 0 aromatic carbocycles. The Hall–Kier alpha value is -0.560. The fraction of sp³-hybridized carbons (Fsp3) is 0.800. The van der Waals surface area contributed by atoms with Gasteiger partial charge in [0.1, 0.15) is 16.1 Å². The van der Waals surface area contributed by atoms with Crippen molar-refractivity contribution >= 4 is 11.3 Å². The highest BCUT2D eigenvalue weighted by Gasteiger charge is 2.22. The van der Waals surface area contributed by atoms with Gasteiger partial charge < -0.3 is 14.8 Å². The zero-order valence-electron chi connectivity index (χ0n) is 9.60. The quantitative estimate of drug-likeness (QED) is 0.863. The highest BCUT2D eigenvalue weighted by molar-refractivity contribution is 7.11. The molecule has 1 saturated heterocycles. The molecule has 0 saturated carbocycles. The minimum Gasteiger partial charge on any atom is -0.376 e. The number of ether oxygens (including phenoxy) is 2. The van der Waals surface area contributed by atoms with Crippen molar-refractivity contribution in [1.29, 1.82) is 0 Å². The van der Waals surface area contributed by atoms with Gasteiger partial charge in [-0.25, -0.2) is 0 Å². The summed E-state index contributed by atoms with van der Waals surface area (Å²) in [6, 6.07) is 0.288. The van der Waals surface area contributed by atoms with Gasteiger partial charge in [0.15, 0.2) is 0 Å². The predicted octanol–water partition coefficient (Wildman–Crippen LogP) is 1.30. The molecule has 0 amide bonds. The van der Waals surface area contributed by atoms with Crippen molar-refractivity contribution in [2.75, 3.05) is 26.9 Å². The summed E-state index contributed by atoms with van der Waals surface area (Å²) in [5.41, 5.74) is 0. The van der Waals surface area contributed by atoms with E-state index in [0.29, 0.717) is 19.8 Å². The second-order valence-corrected chi connectivity index (χ2v) is 4.70. The highest BCUT2D eigenvalue weighted by atomic mass is 32.1. The summed E-state index contributed by atoms with van der Waals surface area (Å²) < 4.78 is 10.9. The van der Waals surface area contributed by atoms with Gasteiger partial charge in [0.25, 0.3) is 0 Å². The van der Waals surface area contributed by atoms with E-state index in [4.69, 9.17) is 9.47 Å². The van der Waals surface area contributed by atoms with Crippen LogP contribution in [0.2, 0.25) is 0 Å². The summed E-state index contributed by atoms with van der Waals surface area (Å²) in [6.07, 6.45) is 0.974. The third kappa shape index (κ3) is 2.57. The smallest absolute Gasteiger partial charge is 0.148 e. The van der Waals surface area contributed by atoms with Crippen molar-refractivity contribution in [2.45, 2.75) is 25.5 Å². The Morgan fingerprint density at radius 1 is 1.50 bits per heavy atom. The van der Waals surface area contributed by atoms with Crippen molar-refractivity contribution < 1.29 is 9.47 Å². The van der Waals surface area contributed by atoms with E-state index in [1.54, 1.807) is 11.3 Å². The number of nitrogens with zero attached hydrogens (tertiary/aromatic N) is 2. The molecule has 90 valence electrons. The van der Waals surface area contributed by atoms with E-state index >= 15 is 0 Å². The Bertz CT molecular complexity index is 322. The molecule has 1 aliphatic rings. The van der Waals surface area contributed by atoms with Crippen LogP contribution in [0.3, 0.4) is 0 Å². The first kappa shape index (κ1) is 11.9. The van der Waals surface area contributed by atoms with E-state index in [1.807, 2.05) is 7.05 Å². The highest BCUT2D eigenvalue weighted by Crippen LogP contribution is 2.27. The van der Waals surface area contributed by atoms with Crippen LogP contribution in [0.25, 0.3) is 0 Å². The van der Waals surface area contributed by atoms with E-state index in [9.17, 15) is 0 Å². The number of nitrogens with one attached hydrogen (secondary N) is 1. The van der Waals surface area contributed by atoms with Crippen LogP contribution in [0.4, 0.5) is 0 Å². The topological polar surface area (TPSA) is 56.3 Å². The molecule has 6 heteroatoms. The Labute approximate surface area is 99.2 Å². The second-order valence-electron chi connectivity index (χ2n) is 3.66. The van der Waals surface area contributed by atoms with Gasteiger partial charge in [-0.05, 0) is 13.5 Å². The molecule has 2 atom stereocenters. The summed E-state index contributed by atoms with van der Waals surface area (Å²) in [4.78, 5) is 0. The van der Waals surface area contributed by atoms with Crippen molar-refractivity contribution in [3.63, 3.8) is 0 Å². The minimum atomic E-state index is -0.0330. The third-order valence-corrected chi connectivity index (χ3v) is 3.73. The number of hydrogen-bond donors (Lipinski definition) is 1. The lowest BCUT2D eigenvalue weighted by molar-refractivity contribution is -0.0903. The maximum atomic E-state index is 5.59. The third-order valence-electron chi connectivity index (χ3n) is 2.60. The monoisotopic (exact) mass is 243 g/mol. The number of aromatic nitrogens is 2. The zero-order chi connectivity index (χ0) is 11.4. The lowest BCUT2D eigenvalue weighted by atomic mass is 10.2. The lowest BCUT2D eigenvalue weighted by Crippen LogP contribution is -2.21. The Morgan fingerprint density at radius 3 is 3.00 bits per heavy atom. The van der Waals surface area contributed by atoms with Gasteiger partial charge in [-0.1, -0.05) is 18.3 Å². The van der Waals surface area contributed by atoms with Gasteiger partial charge in [0.2, 0.25) is 0 Å². The number of rotatable bonds is 4. The van der Waals surface area contributed by atoms with Crippen LogP contribution in [0.1, 0.15) is 35.5 Å². The van der Waals surface area contributed by atoms with Gasteiger partial charge in [-0.3, -0.25) is 0 Å². The minimum absolute atomic E-state index is 0.0330. The average Bonchev–Trinajstić information content (AvgIpc) is 2.81. The molecule has 0 aliphatic carbocycles. The maximum absolute atomic E-state index is 5.59. The first-order valence-corrected chi connectivity index (χ1v) is 6.36. The van der Waals surface area contributed by atoms with Gasteiger partial charge >= 0.3 is 0 Å². The molecule has 0 bridgehead atoms. The van der Waals surface area contributed by atoms with Crippen molar-refractivity contribution in [3.8, 4) is 0 Å². The molecule has 1 N–H and O–H groups in total. The molecule has 1 aromatic rings. The van der Waals surface area contributed by atoms with Crippen molar-refractivity contribution in [3.05, 3.63) is 10.0 Å². The van der Waals surface area contributed by atoms with Gasteiger partial charge in [0, 0.05) is 0 Å². The summed E-state index contributed by atoms with van der Waals surface area (Å²) in [5, 5.41) is 13.5. The van der Waals surface area contributed by atoms with Gasteiger partial charge in [-0.15, -0.1) is 10.2 Å². The predicted molar refractivity (Wildman–Crippen MR) is 61.5 cm³/mol. The SMILES string of the molecule is CCC(NC)c1nnc(C2COCCO2)s1. The fourth-order valence-electron chi connectivity index (χ4n) is 1.65. The van der Waals surface area contributed by atoms with Crippen LogP contribution < -0.4 is 5.32 Å². The summed E-state index contributed by atoms with van der Waals surface area (Å²) in [7, 11) is 1.94. The maximum Gasteiger partial charge on any atom is 0.148 e. The molecule has 1 fully saturated rings. The Balaban J connectivity index is 2.05. The number of hydrogen-bond acceptors (Lipinski definition) is 6. The fourth-order valence-corrected chi connectivity index (χ4v) is 2.72. The molecular weight excluding hydrogens is 226 g/mol. The molecule has 1 aromatic heterocycles. The molecule has 2 rings (SSSR count). The average molecular weight is 243 g/mol. The van der Waals surface area contributed by atoms with Gasteiger partial charge in [-0.2, -0.15) is 0 Å². The first-order valence-electron chi connectivity index (χ1n) is 5.55. The molecule has 5 nitrogen and oxygen atoms in total. The van der Waals surface area contributed by atoms with Crippen LogP contribution in [0, 0.1) is 0 Å². The van der Waals surface area contributed by atoms with Crippen LogP contribution in [0.5, 0.6) is 0 Å². The molecule has 1 aliphatic heterocycles. The van der Waals surface area contributed by atoms with E-state index in [0.717, 1.165) is 16.4 Å². The molecule has 2 heterocycles. The van der Waals surface area contributed by atoms with Crippen LogP contribution >= 0.6 is 11.3 Å². The molecule has 0 spiro atoms. The normalized spacial score (nSPS) is 23.2. The standard InChI is InChI=1S/C10H17N3O2S/c1-3-7(11-2)9-12-13-10(16-9)8-6-14-4-5-15-8/h7-8,11H,3-6H2,1-2H3.